The molecule has 0 saturated carbocycles. The van der Waals surface area contributed by atoms with Crippen LogP contribution in [-0.2, 0) is 24.8 Å². The zero-order valence-electron chi connectivity index (χ0n) is 12.1. The molecule has 0 bridgehead atoms. The van der Waals surface area contributed by atoms with Gasteiger partial charge in [0.2, 0.25) is 0 Å². The summed E-state index contributed by atoms with van der Waals surface area (Å²) < 4.78 is 7.98. The maximum atomic E-state index is 11.7. The molecule has 0 amide bonds. The molecule has 2 N–H and O–H groups in total. The Balaban J connectivity index is 2.40. The Morgan fingerprint density at radius 1 is 1.43 bits per heavy atom. The minimum absolute atomic E-state index is 0.179. The number of aromatic nitrogens is 5. The fourth-order valence-corrected chi connectivity index (χ4v) is 2.31. The molecule has 0 fully saturated rings. The molecule has 0 saturated heterocycles. The van der Waals surface area contributed by atoms with Crippen molar-refractivity contribution in [2.45, 2.75) is 19.9 Å². The number of carbonyl (C=O) groups is 1. The number of esters is 1. The van der Waals surface area contributed by atoms with E-state index in [0.717, 1.165) is 11.4 Å². The normalized spacial score (nSPS) is 10.9. The molecule has 8 nitrogen and oxygen atoms in total. The first-order valence-corrected chi connectivity index (χ1v) is 6.76. The lowest BCUT2D eigenvalue weighted by Crippen LogP contribution is -2.16. The molecule has 0 aliphatic carbocycles. The number of hydrogen-bond acceptors (Lipinski definition) is 6. The van der Waals surface area contributed by atoms with Gasteiger partial charge in [0.05, 0.1) is 35.8 Å². The van der Waals surface area contributed by atoms with Crippen LogP contribution in [0.3, 0.4) is 0 Å². The molecule has 0 unspecified atom stereocenters. The van der Waals surface area contributed by atoms with E-state index in [-0.39, 0.29) is 5.69 Å². The molecule has 114 valence electrons. The molecule has 0 spiro atoms. The van der Waals surface area contributed by atoms with Gasteiger partial charge in [0.1, 0.15) is 0 Å². The van der Waals surface area contributed by atoms with Gasteiger partial charge in [-0.1, -0.05) is 16.8 Å². The Hall–Kier alpha value is -1.93. The largest absolute Gasteiger partial charge is 0.464 e. The van der Waals surface area contributed by atoms with Crippen LogP contribution < -0.4 is 5.73 Å². The van der Waals surface area contributed by atoms with E-state index < -0.39 is 5.97 Å². The Labute approximate surface area is 126 Å². The summed E-state index contributed by atoms with van der Waals surface area (Å²) in [7, 11) is 3.10. The molecule has 0 aliphatic rings. The number of nitrogens with zero attached hydrogens (tertiary/aromatic N) is 5. The van der Waals surface area contributed by atoms with E-state index in [1.54, 1.807) is 16.4 Å². The van der Waals surface area contributed by atoms with Gasteiger partial charge in [-0.3, -0.25) is 4.68 Å². The second kappa shape index (κ2) is 6.23. The van der Waals surface area contributed by atoms with Gasteiger partial charge in [-0.25, -0.2) is 9.48 Å². The Kier molecular flexibility index (Phi) is 4.59. The highest BCUT2D eigenvalue weighted by atomic mass is 35.5. The third kappa shape index (κ3) is 2.91. The average molecular weight is 313 g/mol. The number of aryl methyl sites for hydroxylation is 2. The van der Waals surface area contributed by atoms with Crippen molar-refractivity contribution in [3.8, 4) is 0 Å². The Bertz CT molecular complexity index is 663. The van der Waals surface area contributed by atoms with E-state index in [0.29, 0.717) is 30.2 Å². The number of halogens is 1. The Morgan fingerprint density at radius 2 is 2.14 bits per heavy atom. The lowest BCUT2D eigenvalue weighted by molar-refractivity contribution is 0.0592. The first kappa shape index (κ1) is 15.5. The van der Waals surface area contributed by atoms with Crippen LogP contribution in [0.15, 0.2) is 0 Å². The second-order valence-corrected chi connectivity index (χ2v) is 4.92. The van der Waals surface area contributed by atoms with E-state index in [1.807, 2.05) is 6.92 Å². The molecule has 0 radical (unpaired) electrons. The van der Waals surface area contributed by atoms with E-state index >= 15 is 0 Å². The standard InChI is InChI=1S/C12H17ClN6O2/c1-7-10(13)9(18(2)16-7)6-19-8(4-5-14)11(15-17-19)12(20)21-3/h4-6,14H2,1-3H3. The topological polar surface area (TPSA) is 101 Å². The second-order valence-electron chi connectivity index (χ2n) is 4.54. The van der Waals surface area contributed by atoms with Gasteiger partial charge in [-0.05, 0) is 13.5 Å². The van der Waals surface area contributed by atoms with Gasteiger partial charge in [0, 0.05) is 13.5 Å². The van der Waals surface area contributed by atoms with Gasteiger partial charge in [0.25, 0.3) is 0 Å². The van der Waals surface area contributed by atoms with Crippen molar-refractivity contribution in [1.29, 1.82) is 0 Å². The minimum atomic E-state index is -0.531. The third-order valence-electron chi connectivity index (χ3n) is 3.16. The predicted octanol–water partition coefficient (Wildman–Crippen LogP) is 0.310. The van der Waals surface area contributed by atoms with Crippen LogP contribution in [0.1, 0.15) is 27.6 Å². The van der Waals surface area contributed by atoms with Gasteiger partial charge in [0.15, 0.2) is 5.69 Å². The van der Waals surface area contributed by atoms with E-state index in [1.165, 1.54) is 7.11 Å². The molecule has 2 heterocycles. The summed E-state index contributed by atoms with van der Waals surface area (Å²) in [6.45, 7) is 2.55. The average Bonchev–Trinajstić information content (AvgIpc) is 2.95. The van der Waals surface area contributed by atoms with E-state index in [9.17, 15) is 4.79 Å². The predicted molar refractivity (Wildman–Crippen MR) is 76.2 cm³/mol. The fraction of sp³-hybridized carbons (Fsp3) is 0.500. The van der Waals surface area contributed by atoms with Crippen molar-refractivity contribution in [2.24, 2.45) is 12.8 Å². The van der Waals surface area contributed by atoms with Crippen molar-refractivity contribution in [1.82, 2.24) is 24.8 Å². The summed E-state index contributed by atoms with van der Waals surface area (Å²) in [5.74, 6) is -0.531. The fourth-order valence-electron chi connectivity index (χ4n) is 2.09. The number of hydrogen-bond donors (Lipinski definition) is 1. The highest BCUT2D eigenvalue weighted by molar-refractivity contribution is 6.31. The summed E-state index contributed by atoms with van der Waals surface area (Å²) in [6, 6.07) is 0. The molecule has 2 rings (SSSR count). The summed E-state index contributed by atoms with van der Waals surface area (Å²) in [5.41, 5.74) is 7.92. The zero-order chi connectivity index (χ0) is 15.6. The maximum absolute atomic E-state index is 11.7. The van der Waals surface area contributed by atoms with Crippen LogP contribution in [0.2, 0.25) is 5.02 Å². The van der Waals surface area contributed by atoms with Gasteiger partial charge >= 0.3 is 5.97 Å². The third-order valence-corrected chi connectivity index (χ3v) is 3.65. The highest BCUT2D eigenvalue weighted by Gasteiger charge is 2.21. The number of ether oxygens (including phenoxy) is 1. The smallest absolute Gasteiger partial charge is 0.360 e. The number of nitrogens with two attached hydrogens (primary N) is 1. The summed E-state index contributed by atoms with van der Waals surface area (Å²) >= 11 is 6.23. The van der Waals surface area contributed by atoms with Crippen molar-refractivity contribution >= 4 is 17.6 Å². The number of methoxy groups -OCH3 is 1. The molecule has 2 aromatic heterocycles. The molecule has 0 aliphatic heterocycles. The van der Waals surface area contributed by atoms with Crippen molar-refractivity contribution in [3.63, 3.8) is 0 Å². The number of carbonyl (C=O) groups excluding carboxylic acids is 1. The van der Waals surface area contributed by atoms with Crippen LogP contribution in [0, 0.1) is 6.92 Å². The first-order valence-electron chi connectivity index (χ1n) is 6.38. The van der Waals surface area contributed by atoms with Crippen molar-refractivity contribution in [3.05, 3.63) is 27.8 Å². The lowest BCUT2D eigenvalue weighted by atomic mass is 10.2. The SMILES string of the molecule is COC(=O)c1nnn(Cc2c(Cl)c(C)nn2C)c1CCN. The number of rotatable bonds is 5. The molecular weight excluding hydrogens is 296 g/mol. The molecule has 2 aromatic rings. The first-order chi connectivity index (χ1) is 9.99. The summed E-state index contributed by atoms with van der Waals surface area (Å²) in [5, 5.41) is 12.7. The van der Waals surface area contributed by atoms with Crippen LogP contribution in [0.5, 0.6) is 0 Å². The van der Waals surface area contributed by atoms with Gasteiger partial charge in [-0.15, -0.1) is 5.10 Å². The summed E-state index contributed by atoms with van der Waals surface area (Å²) in [6.07, 6.45) is 0.464. The minimum Gasteiger partial charge on any atom is -0.464 e. The highest BCUT2D eigenvalue weighted by Crippen LogP contribution is 2.21. The molecule has 0 aromatic carbocycles. The van der Waals surface area contributed by atoms with E-state index in [2.05, 4.69) is 15.4 Å². The molecule has 0 atom stereocenters. The van der Waals surface area contributed by atoms with Gasteiger partial charge < -0.3 is 10.5 Å². The van der Waals surface area contributed by atoms with Gasteiger partial charge in [-0.2, -0.15) is 5.10 Å². The Morgan fingerprint density at radius 3 is 2.67 bits per heavy atom. The van der Waals surface area contributed by atoms with Crippen LogP contribution >= 0.6 is 11.6 Å². The molecular formula is C12H17ClN6O2. The van der Waals surface area contributed by atoms with Crippen molar-refractivity contribution < 1.29 is 9.53 Å². The summed E-state index contributed by atoms with van der Waals surface area (Å²) in [4.78, 5) is 11.7. The maximum Gasteiger partial charge on any atom is 0.360 e. The zero-order valence-corrected chi connectivity index (χ0v) is 12.9. The molecule has 21 heavy (non-hydrogen) atoms. The van der Waals surface area contributed by atoms with Crippen LogP contribution in [0.25, 0.3) is 0 Å². The quantitative estimate of drug-likeness (QED) is 0.797. The van der Waals surface area contributed by atoms with Crippen molar-refractivity contribution in [2.75, 3.05) is 13.7 Å². The monoisotopic (exact) mass is 312 g/mol. The van der Waals surface area contributed by atoms with Crippen LogP contribution in [-0.4, -0.2) is 44.4 Å². The van der Waals surface area contributed by atoms with Crippen LogP contribution in [0.4, 0.5) is 0 Å². The van der Waals surface area contributed by atoms with E-state index in [4.69, 9.17) is 22.1 Å². The lowest BCUT2D eigenvalue weighted by Gasteiger charge is -2.07. The molecule has 9 heteroatoms.